The number of rotatable bonds is 1. The Morgan fingerprint density at radius 1 is 1.31 bits per heavy atom. The lowest BCUT2D eigenvalue weighted by Gasteiger charge is -2.60. The van der Waals surface area contributed by atoms with Gasteiger partial charge in [0.25, 0.3) is 0 Å². The Morgan fingerprint density at radius 3 is 2.65 bits per heavy atom. The van der Waals surface area contributed by atoms with Gasteiger partial charge in [0.1, 0.15) is 5.60 Å². The number of aliphatic hydroxyl groups is 2. The van der Waals surface area contributed by atoms with Gasteiger partial charge >= 0.3 is 0 Å². The number of carbonyl (C=O) groups is 2. The summed E-state index contributed by atoms with van der Waals surface area (Å²) in [7, 11) is 0. The fraction of sp³-hybridized carbons (Fsp3) is 0.727. The van der Waals surface area contributed by atoms with Crippen molar-refractivity contribution in [3.8, 4) is 0 Å². The second-order valence-electron chi connectivity index (χ2n) is 9.70. The molecule has 26 heavy (non-hydrogen) atoms. The van der Waals surface area contributed by atoms with Crippen molar-refractivity contribution in [1.82, 2.24) is 0 Å². The van der Waals surface area contributed by atoms with Gasteiger partial charge in [-0.25, -0.2) is 0 Å². The van der Waals surface area contributed by atoms with E-state index in [0.29, 0.717) is 12.8 Å². The van der Waals surface area contributed by atoms with E-state index in [-0.39, 0.29) is 40.7 Å². The maximum absolute atomic E-state index is 12.3. The van der Waals surface area contributed by atoms with E-state index in [2.05, 4.69) is 13.8 Å². The zero-order valence-corrected chi connectivity index (χ0v) is 16.2. The molecule has 3 saturated carbocycles. The number of aliphatic hydroxyl groups excluding tert-OH is 1. The van der Waals surface area contributed by atoms with Gasteiger partial charge in [-0.2, -0.15) is 0 Å². The highest BCUT2D eigenvalue weighted by Crippen LogP contribution is 2.67. The summed E-state index contributed by atoms with van der Waals surface area (Å²) in [5.41, 5.74) is -1.10. The third kappa shape index (κ3) is 2.03. The van der Waals surface area contributed by atoms with Gasteiger partial charge in [-0.15, -0.1) is 0 Å². The second kappa shape index (κ2) is 5.39. The predicted octanol–water partition coefficient (Wildman–Crippen LogP) is 2.83. The van der Waals surface area contributed by atoms with E-state index in [0.717, 1.165) is 18.4 Å². The summed E-state index contributed by atoms with van der Waals surface area (Å²) in [6.07, 6.45) is 7.46. The number of allylic oxidation sites excluding steroid dienone is 4. The molecule has 0 unspecified atom stereocenters. The predicted molar refractivity (Wildman–Crippen MR) is 98.2 cm³/mol. The molecule has 4 rings (SSSR count). The van der Waals surface area contributed by atoms with Gasteiger partial charge in [0, 0.05) is 16.7 Å². The number of fused-ring (bicyclic) bond motifs is 5. The number of carbonyl (C=O) groups excluding carboxylic acids is 2. The van der Waals surface area contributed by atoms with Crippen LogP contribution in [0.1, 0.15) is 53.4 Å². The minimum atomic E-state index is -1.33. The van der Waals surface area contributed by atoms with E-state index in [9.17, 15) is 19.8 Å². The first-order chi connectivity index (χ1) is 12.0. The quantitative estimate of drug-likeness (QED) is 0.756. The lowest BCUT2D eigenvalue weighted by Crippen LogP contribution is -2.61. The van der Waals surface area contributed by atoms with Crippen LogP contribution in [0, 0.1) is 34.5 Å². The summed E-state index contributed by atoms with van der Waals surface area (Å²) < 4.78 is 0. The molecule has 0 spiro atoms. The van der Waals surface area contributed by atoms with Crippen LogP contribution in [0.4, 0.5) is 0 Å². The van der Waals surface area contributed by atoms with Crippen LogP contribution in [0.25, 0.3) is 0 Å². The Hall–Kier alpha value is -1.26. The maximum Gasteiger partial charge on any atom is 0.178 e. The first-order valence-corrected chi connectivity index (χ1v) is 9.91. The summed E-state index contributed by atoms with van der Waals surface area (Å²) >= 11 is 0. The van der Waals surface area contributed by atoms with Gasteiger partial charge in [-0.3, -0.25) is 9.59 Å². The summed E-state index contributed by atoms with van der Waals surface area (Å²) in [4.78, 5) is 24.2. The van der Waals surface area contributed by atoms with Crippen molar-refractivity contribution in [2.75, 3.05) is 0 Å². The lowest BCUT2D eigenvalue weighted by atomic mass is 9.45. The summed E-state index contributed by atoms with van der Waals surface area (Å²) in [6, 6.07) is 0. The number of hydrogen-bond acceptors (Lipinski definition) is 4. The lowest BCUT2D eigenvalue weighted by molar-refractivity contribution is -0.176. The molecule has 142 valence electrons. The van der Waals surface area contributed by atoms with Gasteiger partial charge in [0.05, 0.1) is 6.10 Å². The van der Waals surface area contributed by atoms with E-state index in [1.807, 2.05) is 13.0 Å². The second-order valence-corrected chi connectivity index (χ2v) is 9.70. The average molecular weight is 358 g/mol. The van der Waals surface area contributed by atoms with Crippen LogP contribution in [0.5, 0.6) is 0 Å². The molecular weight excluding hydrogens is 328 g/mol. The topological polar surface area (TPSA) is 74.6 Å². The number of Topliss-reactive ketones (excluding diaryl/α,β-unsaturated/α-hetero) is 1. The Morgan fingerprint density at radius 2 is 2.00 bits per heavy atom. The maximum atomic E-state index is 12.3. The van der Waals surface area contributed by atoms with Crippen molar-refractivity contribution >= 4 is 11.6 Å². The highest BCUT2D eigenvalue weighted by atomic mass is 16.3. The van der Waals surface area contributed by atoms with Gasteiger partial charge in [0.15, 0.2) is 11.6 Å². The highest BCUT2D eigenvalue weighted by molar-refractivity contribution is 6.01. The molecular formula is C22H30O4. The van der Waals surface area contributed by atoms with Crippen LogP contribution in [0.15, 0.2) is 23.8 Å². The van der Waals surface area contributed by atoms with Crippen LogP contribution in [0.2, 0.25) is 0 Å². The van der Waals surface area contributed by atoms with Crippen molar-refractivity contribution in [1.29, 1.82) is 0 Å². The standard InChI is InChI=1S/C22H30O4/c1-12-9-15-16-6-8-22(26,13(2)23)21(16,4)11-18(25)19(15)20(3)7-5-14(24)10-17(12)20/h5,7,10,12,15-16,18-19,25-26H,6,8-9,11H2,1-4H3/t12-,15-,16-,18-,19+,20-,21-,22-/m0/s1. The fourth-order valence-corrected chi connectivity index (χ4v) is 7.33. The Kier molecular flexibility index (Phi) is 3.75. The SMILES string of the molecule is CC(=O)[C@@]1(O)CC[C@H]2[C@@H]3C[C@H](C)C4=CC(=O)C=C[C@]4(C)[C@H]3[C@@H](O)C[C@@]21C. The van der Waals surface area contributed by atoms with Crippen LogP contribution < -0.4 is 0 Å². The smallest absolute Gasteiger partial charge is 0.178 e. The molecule has 0 aromatic heterocycles. The van der Waals surface area contributed by atoms with E-state index < -0.39 is 17.1 Å². The monoisotopic (exact) mass is 358 g/mol. The molecule has 0 heterocycles. The molecule has 0 amide bonds. The Labute approximate surface area is 155 Å². The van der Waals surface area contributed by atoms with Gasteiger partial charge < -0.3 is 10.2 Å². The molecule has 4 heteroatoms. The normalized spacial score (nSPS) is 52.8. The molecule has 4 nitrogen and oxygen atoms in total. The molecule has 4 aliphatic rings. The van der Waals surface area contributed by atoms with Crippen LogP contribution in [-0.4, -0.2) is 33.5 Å². The van der Waals surface area contributed by atoms with Crippen molar-refractivity contribution in [3.05, 3.63) is 23.8 Å². The Balaban J connectivity index is 1.80. The molecule has 0 aromatic carbocycles. The van der Waals surface area contributed by atoms with Crippen molar-refractivity contribution in [3.63, 3.8) is 0 Å². The van der Waals surface area contributed by atoms with Crippen LogP contribution >= 0.6 is 0 Å². The van der Waals surface area contributed by atoms with Crippen molar-refractivity contribution < 1.29 is 19.8 Å². The molecule has 2 N–H and O–H groups in total. The Bertz CT molecular complexity index is 736. The van der Waals surface area contributed by atoms with Gasteiger partial charge in [-0.05, 0) is 62.5 Å². The number of hydrogen-bond donors (Lipinski definition) is 2. The van der Waals surface area contributed by atoms with E-state index >= 15 is 0 Å². The van der Waals surface area contributed by atoms with E-state index in [1.54, 1.807) is 12.2 Å². The number of ketones is 2. The molecule has 0 aliphatic heterocycles. The largest absolute Gasteiger partial charge is 0.393 e. The average Bonchev–Trinajstić information content (AvgIpc) is 2.81. The highest BCUT2D eigenvalue weighted by Gasteiger charge is 2.68. The minimum absolute atomic E-state index is 0.0293. The molecule has 4 aliphatic carbocycles. The van der Waals surface area contributed by atoms with Crippen LogP contribution in [-0.2, 0) is 9.59 Å². The first kappa shape index (κ1) is 18.1. The first-order valence-electron chi connectivity index (χ1n) is 9.91. The molecule has 0 aromatic rings. The summed E-state index contributed by atoms with van der Waals surface area (Å²) in [6.45, 7) is 7.79. The zero-order chi connectivity index (χ0) is 19.1. The van der Waals surface area contributed by atoms with E-state index in [4.69, 9.17) is 0 Å². The zero-order valence-electron chi connectivity index (χ0n) is 16.2. The molecule has 3 fully saturated rings. The van der Waals surface area contributed by atoms with Gasteiger partial charge in [-0.1, -0.05) is 32.4 Å². The fourth-order valence-electron chi connectivity index (χ4n) is 7.33. The third-order valence-corrected chi connectivity index (χ3v) is 8.55. The third-order valence-electron chi connectivity index (χ3n) is 8.55. The van der Waals surface area contributed by atoms with Crippen LogP contribution in [0.3, 0.4) is 0 Å². The summed E-state index contributed by atoms with van der Waals surface area (Å²) in [5, 5.41) is 22.4. The van der Waals surface area contributed by atoms with Crippen molar-refractivity contribution in [2.45, 2.75) is 65.1 Å². The van der Waals surface area contributed by atoms with Crippen molar-refractivity contribution in [2.24, 2.45) is 34.5 Å². The van der Waals surface area contributed by atoms with E-state index in [1.165, 1.54) is 6.92 Å². The minimum Gasteiger partial charge on any atom is -0.393 e. The molecule has 8 atom stereocenters. The summed E-state index contributed by atoms with van der Waals surface area (Å²) in [5.74, 6) is 0.609. The molecule has 0 radical (unpaired) electrons. The van der Waals surface area contributed by atoms with Gasteiger partial charge in [0.2, 0.25) is 0 Å². The molecule has 0 saturated heterocycles. The molecule has 0 bridgehead atoms.